The Morgan fingerprint density at radius 1 is 1.25 bits per heavy atom. The zero-order valence-electron chi connectivity index (χ0n) is 13.0. The molecule has 0 aliphatic heterocycles. The van der Waals surface area contributed by atoms with Crippen molar-refractivity contribution in [1.82, 2.24) is 15.1 Å². The first-order valence-corrected chi connectivity index (χ1v) is 7.10. The number of alkyl halides is 2. The van der Waals surface area contributed by atoms with Gasteiger partial charge in [0.1, 0.15) is 5.75 Å². The van der Waals surface area contributed by atoms with Crippen LogP contribution >= 0.6 is 0 Å². The van der Waals surface area contributed by atoms with Gasteiger partial charge in [-0.05, 0) is 31.2 Å². The second-order valence-electron chi connectivity index (χ2n) is 4.68. The molecule has 1 aromatic heterocycles. The maximum Gasteiger partial charge on any atom is 0.387 e. The number of amides is 2. The highest BCUT2D eigenvalue weighted by atomic mass is 19.3. The number of rotatable bonds is 6. The SMILES string of the molecule is CCn1cc(NC(=O)c2ccc(OC(F)F)cc2)c(C(=O)NC)n1. The van der Waals surface area contributed by atoms with Crippen molar-refractivity contribution < 1.29 is 23.1 Å². The van der Waals surface area contributed by atoms with Crippen molar-refractivity contribution in [2.45, 2.75) is 20.1 Å². The smallest absolute Gasteiger partial charge is 0.387 e. The van der Waals surface area contributed by atoms with E-state index in [0.29, 0.717) is 6.54 Å². The van der Waals surface area contributed by atoms with Crippen LogP contribution in [0.15, 0.2) is 30.5 Å². The maximum atomic E-state index is 12.2. The van der Waals surface area contributed by atoms with Crippen molar-refractivity contribution in [3.63, 3.8) is 0 Å². The molecule has 0 saturated carbocycles. The van der Waals surface area contributed by atoms with Crippen LogP contribution in [0.4, 0.5) is 14.5 Å². The fourth-order valence-electron chi connectivity index (χ4n) is 1.94. The summed E-state index contributed by atoms with van der Waals surface area (Å²) in [4.78, 5) is 24.0. The molecule has 0 fully saturated rings. The van der Waals surface area contributed by atoms with E-state index in [9.17, 15) is 18.4 Å². The minimum Gasteiger partial charge on any atom is -0.435 e. The minimum absolute atomic E-state index is 0.0496. The summed E-state index contributed by atoms with van der Waals surface area (Å²) in [7, 11) is 1.46. The van der Waals surface area contributed by atoms with Crippen LogP contribution in [0.2, 0.25) is 0 Å². The third-order valence-corrected chi connectivity index (χ3v) is 3.12. The number of aryl methyl sites for hydroxylation is 1. The lowest BCUT2D eigenvalue weighted by molar-refractivity contribution is -0.0498. The molecule has 2 N–H and O–H groups in total. The number of hydrogen-bond acceptors (Lipinski definition) is 4. The van der Waals surface area contributed by atoms with Crippen LogP contribution in [-0.4, -0.2) is 35.3 Å². The number of benzene rings is 1. The van der Waals surface area contributed by atoms with E-state index < -0.39 is 18.4 Å². The maximum absolute atomic E-state index is 12.2. The van der Waals surface area contributed by atoms with Gasteiger partial charge in [0, 0.05) is 25.4 Å². The van der Waals surface area contributed by atoms with E-state index in [2.05, 4.69) is 20.5 Å². The Bertz CT molecular complexity index is 729. The number of halogens is 2. The molecule has 0 saturated heterocycles. The number of carbonyl (C=O) groups excluding carboxylic acids is 2. The molecule has 0 spiro atoms. The van der Waals surface area contributed by atoms with Crippen molar-refractivity contribution in [3.05, 3.63) is 41.7 Å². The van der Waals surface area contributed by atoms with E-state index in [-0.39, 0.29) is 22.7 Å². The summed E-state index contributed by atoms with van der Waals surface area (Å²) in [6.07, 6.45) is 1.54. The zero-order valence-corrected chi connectivity index (χ0v) is 13.0. The molecule has 7 nitrogen and oxygen atoms in total. The fraction of sp³-hybridized carbons (Fsp3) is 0.267. The van der Waals surface area contributed by atoms with Crippen molar-refractivity contribution in [2.75, 3.05) is 12.4 Å². The van der Waals surface area contributed by atoms with Gasteiger partial charge in [0.05, 0.1) is 5.69 Å². The third-order valence-electron chi connectivity index (χ3n) is 3.12. The van der Waals surface area contributed by atoms with Crippen molar-refractivity contribution >= 4 is 17.5 Å². The molecule has 1 heterocycles. The first kappa shape index (κ1) is 17.4. The number of anilines is 1. The molecule has 9 heteroatoms. The van der Waals surface area contributed by atoms with Gasteiger partial charge in [-0.25, -0.2) is 0 Å². The molecule has 0 aliphatic rings. The van der Waals surface area contributed by atoms with Gasteiger partial charge in [-0.2, -0.15) is 13.9 Å². The van der Waals surface area contributed by atoms with Crippen LogP contribution in [0, 0.1) is 0 Å². The molecular formula is C15H16F2N4O3. The highest BCUT2D eigenvalue weighted by molar-refractivity contribution is 6.08. The number of hydrogen-bond donors (Lipinski definition) is 2. The highest BCUT2D eigenvalue weighted by Gasteiger charge is 2.18. The minimum atomic E-state index is -2.93. The van der Waals surface area contributed by atoms with E-state index in [1.54, 1.807) is 0 Å². The first-order chi connectivity index (χ1) is 11.4. The zero-order chi connectivity index (χ0) is 17.7. The van der Waals surface area contributed by atoms with E-state index >= 15 is 0 Å². The average molecular weight is 338 g/mol. The van der Waals surface area contributed by atoms with Gasteiger partial charge in [0.15, 0.2) is 5.69 Å². The lowest BCUT2D eigenvalue weighted by atomic mass is 10.2. The molecule has 0 bridgehead atoms. The normalized spacial score (nSPS) is 10.5. The van der Waals surface area contributed by atoms with Gasteiger partial charge in [-0.3, -0.25) is 14.3 Å². The highest BCUT2D eigenvalue weighted by Crippen LogP contribution is 2.18. The standard InChI is InChI=1S/C15H16F2N4O3/c1-3-21-8-11(12(20-21)14(23)18-2)19-13(22)9-4-6-10(7-5-9)24-15(16)17/h4-8,15H,3H2,1-2H3,(H,18,23)(H,19,22). The Kier molecular flexibility index (Phi) is 5.46. The lowest BCUT2D eigenvalue weighted by Crippen LogP contribution is -2.21. The van der Waals surface area contributed by atoms with E-state index in [1.807, 2.05) is 6.92 Å². The molecule has 2 amide bonds. The van der Waals surface area contributed by atoms with Crippen LogP contribution < -0.4 is 15.4 Å². The van der Waals surface area contributed by atoms with Crippen molar-refractivity contribution in [1.29, 1.82) is 0 Å². The first-order valence-electron chi connectivity index (χ1n) is 7.10. The molecule has 0 aliphatic carbocycles. The second-order valence-corrected chi connectivity index (χ2v) is 4.68. The van der Waals surface area contributed by atoms with E-state index in [0.717, 1.165) is 0 Å². The van der Waals surface area contributed by atoms with Gasteiger partial charge in [0.2, 0.25) is 0 Å². The van der Waals surface area contributed by atoms with Crippen molar-refractivity contribution in [3.8, 4) is 5.75 Å². The van der Waals surface area contributed by atoms with Crippen LogP contribution in [0.3, 0.4) is 0 Å². The number of aromatic nitrogens is 2. The van der Waals surface area contributed by atoms with Gasteiger partial charge in [0.25, 0.3) is 11.8 Å². The number of nitrogens with one attached hydrogen (secondary N) is 2. The summed E-state index contributed by atoms with van der Waals surface area (Å²) in [5.74, 6) is -0.982. The largest absolute Gasteiger partial charge is 0.435 e. The van der Waals surface area contributed by atoms with E-state index in [1.165, 1.54) is 42.2 Å². The number of carbonyl (C=O) groups is 2. The second kappa shape index (κ2) is 7.53. The molecule has 2 rings (SSSR count). The molecule has 0 radical (unpaired) electrons. The van der Waals surface area contributed by atoms with Gasteiger partial charge in [-0.15, -0.1) is 0 Å². The van der Waals surface area contributed by atoms with Gasteiger partial charge >= 0.3 is 6.61 Å². The third kappa shape index (κ3) is 4.06. The molecule has 0 unspecified atom stereocenters. The summed E-state index contributed by atoms with van der Waals surface area (Å²) < 4.78 is 29.9. The predicted molar refractivity (Wildman–Crippen MR) is 82.3 cm³/mol. The Morgan fingerprint density at radius 2 is 1.92 bits per heavy atom. The summed E-state index contributed by atoms with van der Waals surface area (Å²) in [5.41, 5.74) is 0.572. The molecular weight excluding hydrogens is 322 g/mol. The van der Waals surface area contributed by atoms with Gasteiger partial charge in [-0.1, -0.05) is 0 Å². The Morgan fingerprint density at radius 3 is 2.46 bits per heavy atom. The van der Waals surface area contributed by atoms with Crippen molar-refractivity contribution in [2.24, 2.45) is 0 Å². The van der Waals surface area contributed by atoms with Crippen LogP contribution in [-0.2, 0) is 6.54 Å². The summed E-state index contributed by atoms with van der Waals surface area (Å²) in [6.45, 7) is -0.562. The van der Waals surface area contributed by atoms with Gasteiger partial charge < -0.3 is 15.4 Å². The van der Waals surface area contributed by atoms with Crippen LogP contribution in [0.1, 0.15) is 27.8 Å². The topological polar surface area (TPSA) is 85.2 Å². The summed E-state index contributed by atoms with van der Waals surface area (Å²) >= 11 is 0. The molecule has 2 aromatic rings. The number of nitrogens with zero attached hydrogens (tertiary/aromatic N) is 2. The fourth-order valence-corrected chi connectivity index (χ4v) is 1.94. The summed E-state index contributed by atoms with van der Waals surface area (Å²) in [5, 5.41) is 9.11. The number of ether oxygens (including phenoxy) is 1. The Hall–Kier alpha value is -2.97. The quantitative estimate of drug-likeness (QED) is 0.845. The summed E-state index contributed by atoms with van der Waals surface area (Å²) in [6, 6.07) is 5.21. The van der Waals surface area contributed by atoms with E-state index in [4.69, 9.17) is 0 Å². The van der Waals surface area contributed by atoms with Crippen LogP contribution in [0.25, 0.3) is 0 Å². The molecule has 128 valence electrons. The Balaban J connectivity index is 2.17. The van der Waals surface area contributed by atoms with Crippen LogP contribution in [0.5, 0.6) is 5.75 Å². The molecule has 0 atom stereocenters. The Labute approximate surface area is 136 Å². The predicted octanol–water partition coefficient (Wildman–Crippen LogP) is 2.12. The monoisotopic (exact) mass is 338 g/mol. The lowest BCUT2D eigenvalue weighted by Gasteiger charge is -2.07. The molecule has 24 heavy (non-hydrogen) atoms. The molecule has 1 aromatic carbocycles. The average Bonchev–Trinajstić information content (AvgIpc) is 2.97.